The van der Waals surface area contributed by atoms with Crippen molar-refractivity contribution < 1.29 is 23.4 Å². The van der Waals surface area contributed by atoms with Crippen molar-refractivity contribution in [1.29, 1.82) is 0 Å². The number of ether oxygens (including phenoxy) is 3. The fraction of sp³-hybridized carbons (Fsp3) is 0.235. The largest absolute Gasteiger partial charge is 0.493 e. The first kappa shape index (κ1) is 16.6. The molecule has 1 amide bonds. The maximum Gasteiger partial charge on any atom is 0.254 e. The number of nitrogens with one attached hydrogen (secondary N) is 1. The number of carbonyl (C=O) groups excluding carboxylic acids is 1. The van der Waals surface area contributed by atoms with Crippen LogP contribution < -0.4 is 19.5 Å². The summed E-state index contributed by atoms with van der Waals surface area (Å²) in [5.74, 6) is 0.507. The van der Waals surface area contributed by atoms with Crippen molar-refractivity contribution in [2.24, 2.45) is 0 Å². The summed E-state index contributed by atoms with van der Waals surface area (Å²) in [6.45, 7) is 0.442. The first-order valence-electron chi connectivity index (χ1n) is 7.04. The molecule has 0 radical (unpaired) electrons. The molecule has 0 aliphatic carbocycles. The average Bonchev–Trinajstić information content (AvgIpc) is 2.58. The van der Waals surface area contributed by atoms with Crippen LogP contribution in [0, 0.1) is 5.82 Å². The second-order valence-electron chi connectivity index (χ2n) is 4.58. The van der Waals surface area contributed by atoms with E-state index in [1.165, 1.54) is 32.4 Å². The smallest absolute Gasteiger partial charge is 0.254 e. The normalized spacial score (nSPS) is 10.0. The van der Waals surface area contributed by atoms with Crippen LogP contribution in [-0.2, 0) is 0 Å². The molecule has 0 spiro atoms. The Bertz CT molecular complexity index is 675. The molecular formula is C17H18FNO4. The summed E-state index contributed by atoms with van der Waals surface area (Å²) in [4.78, 5) is 11.8. The molecule has 6 heteroatoms. The number of para-hydroxylation sites is 1. The van der Waals surface area contributed by atoms with Crippen LogP contribution in [0.5, 0.6) is 17.2 Å². The van der Waals surface area contributed by atoms with Gasteiger partial charge in [-0.1, -0.05) is 18.2 Å². The quantitative estimate of drug-likeness (QED) is 0.797. The van der Waals surface area contributed by atoms with Crippen molar-refractivity contribution in [3.8, 4) is 17.2 Å². The Balaban J connectivity index is 1.89. The zero-order valence-electron chi connectivity index (χ0n) is 13.0. The topological polar surface area (TPSA) is 56.8 Å². The zero-order chi connectivity index (χ0) is 16.7. The van der Waals surface area contributed by atoms with Crippen LogP contribution in [0.4, 0.5) is 4.39 Å². The number of hydrogen-bond acceptors (Lipinski definition) is 4. The van der Waals surface area contributed by atoms with Gasteiger partial charge < -0.3 is 19.5 Å². The minimum absolute atomic E-state index is 0.00598. The van der Waals surface area contributed by atoms with Crippen LogP contribution in [0.1, 0.15) is 10.4 Å². The molecule has 0 aliphatic rings. The second kappa shape index (κ2) is 8.03. The van der Waals surface area contributed by atoms with Gasteiger partial charge in [-0.3, -0.25) is 4.79 Å². The lowest BCUT2D eigenvalue weighted by molar-refractivity contribution is 0.0942. The SMILES string of the molecule is COc1cccc(OCCNC(=O)c2ccccc2F)c1OC. The highest BCUT2D eigenvalue weighted by Gasteiger charge is 2.12. The Morgan fingerprint density at radius 1 is 1.04 bits per heavy atom. The molecule has 0 saturated carbocycles. The van der Waals surface area contributed by atoms with Crippen LogP contribution in [0.2, 0.25) is 0 Å². The van der Waals surface area contributed by atoms with E-state index in [1.807, 2.05) is 0 Å². The van der Waals surface area contributed by atoms with Gasteiger partial charge in [0.2, 0.25) is 5.75 Å². The number of amides is 1. The summed E-state index contributed by atoms with van der Waals surface area (Å²) in [7, 11) is 3.06. The minimum Gasteiger partial charge on any atom is -0.493 e. The van der Waals surface area contributed by atoms with Crippen LogP contribution in [0.3, 0.4) is 0 Å². The molecule has 0 aliphatic heterocycles. The maximum atomic E-state index is 13.5. The van der Waals surface area contributed by atoms with Crippen molar-refractivity contribution in [3.05, 3.63) is 53.8 Å². The molecule has 2 rings (SSSR count). The van der Waals surface area contributed by atoms with Crippen LogP contribution >= 0.6 is 0 Å². The third-order valence-corrected chi connectivity index (χ3v) is 3.13. The van der Waals surface area contributed by atoms with E-state index in [4.69, 9.17) is 14.2 Å². The van der Waals surface area contributed by atoms with E-state index in [9.17, 15) is 9.18 Å². The molecule has 0 heterocycles. The third kappa shape index (κ3) is 4.12. The molecule has 23 heavy (non-hydrogen) atoms. The number of methoxy groups -OCH3 is 2. The zero-order valence-corrected chi connectivity index (χ0v) is 13.0. The molecule has 0 saturated heterocycles. The summed E-state index contributed by atoms with van der Waals surface area (Å²) in [5.41, 5.74) is 0.00598. The fourth-order valence-electron chi connectivity index (χ4n) is 2.04. The maximum absolute atomic E-state index is 13.5. The Hall–Kier alpha value is -2.76. The van der Waals surface area contributed by atoms with Crippen LogP contribution in [0.15, 0.2) is 42.5 Å². The molecule has 0 atom stereocenters. The minimum atomic E-state index is -0.555. The third-order valence-electron chi connectivity index (χ3n) is 3.13. The van der Waals surface area contributed by atoms with Crippen LogP contribution in [0.25, 0.3) is 0 Å². The molecule has 0 unspecified atom stereocenters. The van der Waals surface area contributed by atoms with Gasteiger partial charge in [-0.25, -0.2) is 4.39 Å². The predicted octanol–water partition coefficient (Wildman–Crippen LogP) is 2.65. The number of halogens is 1. The number of carbonyl (C=O) groups is 1. The Kier molecular flexibility index (Phi) is 5.80. The molecule has 5 nitrogen and oxygen atoms in total. The molecule has 2 aromatic carbocycles. The summed E-state index contributed by atoms with van der Waals surface area (Å²) >= 11 is 0. The molecule has 0 bridgehead atoms. The summed E-state index contributed by atoms with van der Waals surface area (Å²) in [5, 5.41) is 2.60. The van der Waals surface area contributed by atoms with E-state index < -0.39 is 11.7 Å². The van der Waals surface area contributed by atoms with Gasteiger partial charge in [0.1, 0.15) is 12.4 Å². The van der Waals surface area contributed by atoms with Crippen molar-refractivity contribution in [2.75, 3.05) is 27.4 Å². The van der Waals surface area contributed by atoms with Gasteiger partial charge in [-0.15, -0.1) is 0 Å². The summed E-state index contributed by atoms with van der Waals surface area (Å²) < 4.78 is 29.5. The van der Waals surface area contributed by atoms with Gasteiger partial charge >= 0.3 is 0 Å². The highest BCUT2D eigenvalue weighted by atomic mass is 19.1. The van der Waals surface area contributed by atoms with E-state index in [-0.39, 0.29) is 18.7 Å². The Morgan fingerprint density at radius 3 is 2.48 bits per heavy atom. The molecule has 0 aromatic heterocycles. The lowest BCUT2D eigenvalue weighted by Gasteiger charge is -2.13. The van der Waals surface area contributed by atoms with E-state index in [2.05, 4.69) is 5.32 Å². The van der Waals surface area contributed by atoms with Gasteiger partial charge in [-0.05, 0) is 24.3 Å². The average molecular weight is 319 g/mol. The molecule has 1 N–H and O–H groups in total. The van der Waals surface area contributed by atoms with Gasteiger partial charge in [-0.2, -0.15) is 0 Å². The Morgan fingerprint density at radius 2 is 1.78 bits per heavy atom. The summed E-state index contributed by atoms with van der Waals surface area (Å²) in [6, 6.07) is 11.1. The van der Waals surface area contributed by atoms with E-state index in [0.717, 1.165) is 0 Å². The number of benzene rings is 2. The molecular weight excluding hydrogens is 301 g/mol. The molecule has 0 fully saturated rings. The van der Waals surface area contributed by atoms with Gasteiger partial charge in [0.15, 0.2) is 11.5 Å². The van der Waals surface area contributed by atoms with Gasteiger partial charge in [0.25, 0.3) is 5.91 Å². The second-order valence-corrected chi connectivity index (χ2v) is 4.58. The first-order valence-corrected chi connectivity index (χ1v) is 7.04. The van der Waals surface area contributed by atoms with Crippen molar-refractivity contribution in [3.63, 3.8) is 0 Å². The first-order chi connectivity index (χ1) is 11.2. The van der Waals surface area contributed by atoms with Crippen molar-refractivity contribution in [2.45, 2.75) is 0 Å². The Labute approximate surface area is 134 Å². The highest BCUT2D eigenvalue weighted by molar-refractivity contribution is 5.94. The monoisotopic (exact) mass is 319 g/mol. The van der Waals surface area contributed by atoms with Crippen LogP contribution in [-0.4, -0.2) is 33.3 Å². The standard InChI is InChI=1S/C17H18FNO4/c1-21-14-8-5-9-15(16(14)22-2)23-11-10-19-17(20)12-6-3-4-7-13(12)18/h3-9H,10-11H2,1-2H3,(H,19,20). The fourth-order valence-corrected chi connectivity index (χ4v) is 2.04. The molecule has 2 aromatic rings. The van der Waals surface area contributed by atoms with Crippen molar-refractivity contribution in [1.82, 2.24) is 5.32 Å². The number of rotatable bonds is 7. The van der Waals surface area contributed by atoms with Gasteiger partial charge in [0, 0.05) is 0 Å². The molecule has 122 valence electrons. The predicted molar refractivity (Wildman–Crippen MR) is 83.8 cm³/mol. The summed E-state index contributed by atoms with van der Waals surface area (Å²) in [6.07, 6.45) is 0. The van der Waals surface area contributed by atoms with E-state index in [1.54, 1.807) is 24.3 Å². The highest BCUT2D eigenvalue weighted by Crippen LogP contribution is 2.36. The van der Waals surface area contributed by atoms with E-state index in [0.29, 0.717) is 17.2 Å². The van der Waals surface area contributed by atoms with E-state index >= 15 is 0 Å². The lowest BCUT2D eigenvalue weighted by Crippen LogP contribution is -2.28. The lowest BCUT2D eigenvalue weighted by atomic mass is 10.2. The van der Waals surface area contributed by atoms with Crippen molar-refractivity contribution >= 4 is 5.91 Å². The number of hydrogen-bond donors (Lipinski definition) is 1. The van der Waals surface area contributed by atoms with Gasteiger partial charge in [0.05, 0.1) is 26.3 Å².